The maximum Gasteiger partial charge on any atom is 0.289 e. The summed E-state index contributed by atoms with van der Waals surface area (Å²) in [5.74, 6) is 0.0503. The minimum absolute atomic E-state index is 0.0497. The molecule has 2 aromatic rings. The largest absolute Gasteiger partial charge is 0.459 e. The fourth-order valence-corrected chi connectivity index (χ4v) is 4.67. The Kier molecular flexibility index (Phi) is 6.31. The summed E-state index contributed by atoms with van der Waals surface area (Å²) in [7, 11) is 0. The Morgan fingerprint density at radius 2 is 2.19 bits per heavy atom. The Balaban J connectivity index is 1.49. The lowest BCUT2D eigenvalue weighted by Gasteiger charge is -2.30. The van der Waals surface area contributed by atoms with E-state index in [4.69, 9.17) is 4.42 Å². The van der Waals surface area contributed by atoms with E-state index in [9.17, 15) is 9.59 Å². The van der Waals surface area contributed by atoms with Crippen molar-refractivity contribution in [2.24, 2.45) is 5.92 Å². The van der Waals surface area contributed by atoms with Gasteiger partial charge in [0.05, 0.1) is 6.26 Å². The highest BCUT2D eigenvalue weighted by molar-refractivity contribution is 8.01. The maximum absolute atomic E-state index is 12.5. The van der Waals surface area contributed by atoms with Crippen LogP contribution in [0.25, 0.3) is 0 Å². The first kappa shape index (κ1) is 18.9. The Morgan fingerprint density at radius 3 is 2.85 bits per heavy atom. The van der Waals surface area contributed by atoms with Crippen molar-refractivity contribution < 1.29 is 14.0 Å². The van der Waals surface area contributed by atoms with Crippen LogP contribution in [-0.2, 0) is 4.79 Å². The van der Waals surface area contributed by atoms with Crippen molar-refractivity contribution in [2.75, 3.05) is 18.4 Å². The second-order valence-corrected chi connectivity index (χ2v) is 8.91. The van der Waals surface area contributed by atoms with Gasteiger partial charge in [-0.15, -0.1) is 10.2 Å². The Labute approximate surface area is 160 Å². The van der Waals surface area contributed by atoms with Crippen LogP contribution in [-0.4, -0.2) is 45.3 Å². The van der Waals surface area contributed by atoms with Gasteiger partial charge in [-0.1, -0.05) is 36.9 Å². The van der Waals surface area contributed by atoms with Gasteiger partial charge in [-0.2, -0.15) is 0 Å². The summed E-state index contributed by atoms with van der Waals surface area (Å²) in [6, 6.07) is 3.36. The Hall–Kier alpha value is -1.87. The third kappa shape index (κ3) is 4.64. The smallest absolute Gasteiger partial charge is 0.289 e. The van der Waals surface area contributed by atoms with E-state index >= 15 is 0 Å². The van der Waals surface area contributed by atoms with Gasteiger partial charge in [0.25, 0.3) is 5.91 Å². The van der Waals surface area contributed by atoms with Crippen LogP contribution in [0.5, 0.6) is 0 Å². The zero-order valence-corrected chi connectivity index (χ0v) is 16.4. The molecule has 26 heavy (non-hydrogen) atoms. The maximum atomic E-state index is 12.5. The summed E-state index contributed by atoms with van der Waals surface area (Å²) in [4.78, 5) is 26.4. The number of carbonyl (C=O) groups excluding carboxylic acids is 2. The van der Waals surface area contributed by atoms with Gasteiger partial charge in [-0.3, -0.25) is 9.59 Å². The standard InChI is InChI=1S/C17H22N4O3S2/c1-3-11(2)25-17-20-19-16(26-17)18-14(22)12-6-8-21(9-7-12)15(23)13-5-4-10-24-13/h4-5,10-12H,3,6-9H2,1-2H3,(H,18,19,22)/t11-/m1/s1. The van der Waals surface area contributed by atoms with Crippen molar-refractivity contribution in [1.82, 2.24) is 15.1 Å². The van der Waals surface area contributed by atoms with Gasteiger partial charge in [0, 0.05) is 24.3 Å². The van der Waals surface area contributed by atoms with E-state index < -0.39 is 0 Å². The molecule has 2 amide bonds. The fraction of sp³-hybridized carbons (Fsp3) is 0.529. The van der Waals surface area contributed by atoms with Crippen LogP contribution in [0.2, 0.25) is 0 Å². The molecule has 0 saturated carbocycles. The van der Waals surface area contributed by atoms with Crippen LogP contribution >= 0.6 is 23.1 Å². The number of amides is 2. The normalized spacial score (nSPS) is 16.5. The van der Waals surface area contributed by atoms with E-state index in [0.29, 0.717) is 42.1 Å². The third-order valence-electron chi connectivity index (χ3n) is 4.40. The van der Waals surface area contributed by atoms with E-state index in [1.54, 1.807) is 28.8 Å². The first-order valence-electron chi connectivity index (χ1n) is 8.70. The van der Waals surface area contributed by atoms with Gasteiger partial charge in [0.2, 0.25) is 11.0 Å². The molecular formula is C17H22N4O3S2. The predicted molar refractivity (Wildman–Crippen MR) is 101 cm³/mol. The number of aromatic nitrogens is 2. The molecule has 1 atom stereocenters. The molecule has 1 N–H and O–H groups in total. The summed E-state index contributed by atoms with van der Waals surface area (Å²) < 4.78 is 6.02. The number of likely N-dealkylation sites (tertiary alicyclic amines) is 1. The topological polar surface area (TPSA) is 88.3 Å². The average Bonchev–Trinajstić information content (AvgIpc) is 3.33. The zero-order chi connectivity index (χ0) is 18.5. The van der Waals surface area contributed by atoms with Gasteiger partial charge in [0.15, 0.2) is 10.1 Å². The van der Waals surface area contributed by atoms with Crippen molar-refractivity contribution in [3.05, 3.63) is 24.2 Å². The highest BCUT2D eigenvalue weighted by atomic mass is 32.2. The number of nitrogens with one attached hydrogen (secondary N) is 1. The number of furan rings is 1. The number of hydrogen-bond acceptors (Lipinski definition) is 7. The lowest BCUT2D eigenvalue weighted by atomic mass is 9.96. The molecule has 7 nitrogen and oxygen atoms in total. The molecule has 1 saturated heterocycles. The number of hydrogen-bond donors (Lipinski definition) is 1. The third-order valence-corrected chi connectivity index (χ3v) is 6.59. The number of thioether (sulfide) groups is 1. The summed E-state index contributed by atoms with van der Waals surface area (Å²) in [6.07, 6.45) is 3.81. The van der Waals surface area contributed by atoms with E-state index in [1.807, 2.05) is 0 Å². The van der Waals surface area contributed by atoms with E-state index in [0.717, 1.165) is 10.8 Å². The van der Waals surface area contributed by atoms with Gasteiger partial charge in [-0.25, -0.2) is 0 Å². The minimum Gasteiger partial charge on any atom is -0.459 e. The van der Waals surface area contributed by atoms with Crippen LogP contribution in [0.3, 0.4) is 0 Å². The SMILES string of the molecule is CC[C@@H](C)Sc1nnc(NC(=O)C2CCN(C(=O)c3ccco3)CC2)s1. The summed E-state index contributed by atoms with van der Waals surface area (Å²) in [5.41, 5.74) is 0. The molecule has 2 aromatic heterocycles. The average molecular weight is 395 g/mol. The van der Waals surface area contributed by atoms with Crippen molar-refractivity contribution in [3.63, 3.8) is 0 Å². The molecule has 1 aliphatic rings. The number of piperidine rings is 1. The molecule has 0 aromatic carbocycles. The van der Waals surface area contributed by atoms with Gasteiger partial charge in [0.1, 0.15) is 0 Å². The lowest BCUT2D eigenvalue weighted by Crippen LogP contribution is -2.41. The van der Waals surface area contributed by atoms with Crippen LogP contribution in [0.15, 0.2) is 27.2 Å². The molecule has 140 valence electrons. The van der Waals surface area contributed by atoms with Crippen molar-refractivity contribution in [2.45, 2.75) is 42.7 Å². The molecule has 3 heterocycles. The van der Waals surface area contributed by atoms with E-state index in [2.05, 4.69) is 29.4 Å². The first-order valence-corrected chi connectivity index (χ1v) is 10.4. The minimum atomic E-state index is -0.121. The quantitative estimate of drug-likeness (QED) is 0.596. The fourth-order valence-electron chi connectivity index (χ4n) is 2.67. The second kappa shape index (κ2) is 8.68. The van der Waals surface area contributed by atoms with E-state index in [-0.39, 0.29) is 17.7 Å². The predicted octanol–water partition coefficient (Wildman–Crippen LogP) is 3.51. The summed E-state index contributed by atoms with van der Waals surface area (Å²) in [6.45, 7) is 5.36. The van der Waals surface area contributed by atoms with Crippen LogP contribution in [0.1, 0.15) is 43.7 Å². The molecule has 1 fully saturated rings. The van der Waals surface area contributed by atoms with E-state index in [1.165, 1.54) is 17.6 Å². The molecule has 0 unspecified atom stereocenters. The van der Waals surface area contributed by atoms with Crippen molar-refractivity contribution >= 4 is 40.0 Å². The molecule has 0 radical (unpaired) electrons. The summed E-state index contributed by atoms with van der Waals surface area (Å²) >= 11 is 3.07. The monoisotopic (exact) mass is 394 g/mol. The van der Waals surface area contributed by atoms with Crippen LogP contribution in [0, 0.1) is 5.92 Å². The van der Waals surface area contributed by atoms with Crippen molar-refractivity contribution in [1.29, 1.82) is 0 Å². The zero-order valence-electron chi connectivity index (χ0n) is 14.8. The summed E-state index contributed by atoms with van der Waals surface area (Å²) in [5, 5.41) is 12.1. The highest BCUT2D eigenvalue weighted by Gasteiger charge is 2.29. The molecular weight excluding hydrogens is 372 g/mol. The van der Waals surface area contributed by atoms with Gasteiger partial charge < -0.3 is 14.6 Å². The highest BCUT2D eigenvalue weighted by Crippen LogP contribution is 2.30. The van der Waals surface area contributed by atoms with Crippen LogP contribution in [0.4, 0.5) is 5.13 Å². The van der Waals surface area contributed by atoms with Gasteiger partial charge in [-0.05, 0) is 31.4 Å². The van der Waals surface area contributed by atoms with Gasteiger partial charge >= 0.3 is 0 Å². The number of rotatable bonds is 6. The number of nitrogens with zero attached hydrogens (tertiary/aromatic N) is 3. The van der Waals surface area contributed by atoms with Crippen LogP contribution < -0.4 is 5.32 Å². The first-order chi connectivity index (χ1) is 12.6. The Morgan fingerprint density at radius 1 is 1.42 bits per heavy atom. The molecule has 3 rings (SSSR count). The Bertz CT molecular complexity index is 739. The number of anilines is 1. The van der Waals surface area contributed by atoms with Crippen molar-refractivity contribution in [3.8, 4) is 0 Å². The number of carbonyl (C=O) groups is 2. The molecule has 1 aliphatic heterocycles. The molecule has 0 bridgehead atoms. The molecule has 9 heteroatoms. The molecule has 0 spiro atoms. The second-order valence-electron chi connectivity index (χ2n) is 6.24. The molecule has 0 aliphatic carbocycles. The lowest BCUT2D eigenvalue weighted by molar-refractivity contribution is -0.121.